The van der Waals surface area contributed by atoms with E-state index in [1.807, 2.05) is 39.9 Å². The average Bonchev–Trinajstić information content (AvgIpc) is 3.34. The first kappa shape index (κ1) is 20.9. The molecule has 0 amide bonds. The molecule has 2 heterocycles. The molecule has 1 saturated carbocycles. The molecule has 0 bridgehead atoms. The first-order valence-corrected chi connectivity index (χ1v) is 11.1. The lowest BCUT2D eigenvalue weighted by molar-refractivity contribution is -0.142. The fourth-order valence-electron chi connectivity index (χ4n) is 5.06. The monoisotopic (exact) mass is 442 g/mol. The van der Waals surface area contributed by atoms with Gasteiger partial charge in [-0.2, -0.15) is 13.2 Å². The van der Waals surface area contributed by atoms with E-state index in [1.54, 1.807) is 6.07 Å². The van der Waals surface area contributed by atoms with Crippen LogP contribution in [-0.2, 0) is 17.4 Å². The van der Waals surface area contributed by atoms with Crippen LogP contribution in [0.5, 0.6) is 0 Å². The van der Waals surface area contributed by atoms with Gasteiger partial charge in [-0.05, 0) is 54.3 Å². The van der Waals surface area contributed by atoms with Crippen molar-refractivity contribution >= 4 is 22.6 Å². The van der Waals surface area contributed by atoms with Crippen LogP contribution >= 0.6 is 0 Å². The van der Waals surface area contributed by atoms with Gasteiger partial charge in [0, 0.05) is 36.0 Å². The lowest BCUT2D eigenvalue weighted by atomic mass is 9.97. The highest BCUT2D eigenvalue weighted by atomic mass is 19.4. The van der Waals surface area contributed by atoms with Crippen molar-refractivity contribution in [2.24, 2.45) is 11.8 Å². The molecular weight excluding hydrogens is 417 g/mol. The van der Waals surface area contributed by atoms with Gasteiger partial charge in [0.05, 0.1) is 17.0 Å². The number of aromatic nitrogens is 1. The number of benzene rings is 2. The summed E-state index contributed by atoms with van der Waals surface area (Å²) in [6, 6.07) is 11.8. The highest BCUT2D eigenvalue weighted by molar-refractivity contribution is 5.87. The number of fused-ring (bicyclic) bond motifs is 1. The Morgan fingerprint density at radius 2 is 1.75 bits per heavy atom. The van der Waals surface area contributed by atoms with E-state index in [4.69, 9.17) is 5.11 Å². The van der Waals surface area contributed by atoms with E-state index in [2.05, 4.69) is 0 Å². The van der Waals surface area contributed by atoms with Gasteiger partial charge in [0.1, 0.15) is 0 Å². The Kier molecular flexibility index (Phi) is 5.14. The number of nitrogens with zero attached hydrogens (tertiary/aromatic N) is 2. The molecule has 0 radical (unpaired) electrons. The highest BCUT2D eigenvalue weighted by Crippen LogP contribution is 2.37. The molecule has 1 N–H and O–H groups in total. The van der Waals surface area contributed by atoms with Crippen LogP contribution in [0.4, 0.5) is 18.9 Å². The zero-order valence-electron chi connectivity index (χ0n) is 17.6. The second kappa shape index (κ2) is 7.87. The van der Waals surface area contributed by atoms with Gasteiger partial charge in [-0.1, -0.05) is 31.7 Å². The van der Waals surface area contributed by atoms with Crippen molar-refractivity contribution in [3.8, 4) is 5.69 Å². The SMILES string of the molecule is O=C(O)C1CN(c2cccc(-n3cc(CC4CCCC4)c4cc(C(F)(F)F)ccc43)c2)C1. The predicted molar refractivity (Wildman–Crippen MR) is 117 cm³/mol. The number of alkyl halides is 3. The topological polar surface area (TPSA) is 45.5 Å². The van der Waals surface area contributed by atoms with Crippen molar-refractivity contribution in [1.82, 2.24) is 4.57 Å². The van der Waals surface area contributed by atoms with E-state index in [0.717, 1.165) is 47.8 Å². The molecule has 1 saturated heterocycles. The largest absolute Gasteiger partial charge is 0.481 e. The van der Waals surface area contributed by atoms with Gasteiger partial charge >= 0.3 is 12.1 Å². The molecule has 2 fully saturated rings. The minimum absolute atomic E-state index is 0.357. The number of hydrogen-bond donors (Lipinski definition) is 1. The van der Waals surface area contributed by atoms with Crippen molar-refractivity contribution in [3.63, 3.8) is 0 Å². The third-order valence-corrected chi connectivity index (χ3v) is 6.90. The quantitative estimate of drug-likeness (QED) is 0.535. The smallest absolute Gasteiger partial charge is 0.416 e. The highest BCUT2D eigenvalue weighted by Gasteiger charge is 2.33. The molecular formula is C25H25F3N2O2. The minimum atomic E-state index is -4.38. The van der Waals surface area contributed by atoms with Crippen LogP contribution in [0, 0.1) is 11.8 Å². The number of anilines is 1. The molecule has 1 aromatic heterocycles. The molecule has 1 aliphatic heterocycles. The number of halogens is 3. The van der Waals surface area contributed by atoms with Gasteiger partial charge in [-0.15, -0.1) is 0 Å². The summed E-state index contributed by atoms with van der Waals surface area (Å²) in [7, 11) is 0. The Labute approximate surface area is 184 Å². The Morgan fingerprint density at radius 3 is 2.44 bits per heavy atom. The number of aliphatic carboxylic acids is 1. The van der Waals surface area contributed by atoms with Crippen molar-refractivity contribution in [1.29, 1.82) is 0 Å². The summed E-state index contributed by atoms with van der Waals surface area (Å²) in [5, 5.41) is 9.80. The summed E-state index contributed by atoms with van der Waals surface area (Å²) in [5.74, 6) is -0.625. The molecule has 2 aliphatic rings. The average molecular weight is 442 g/mol. The van der Waals surface area contributed by atoms with Gasteiger partial charge in [0.15, 0.2) is 0 Å². The van der Waals surface area contributed by atoms with E-state index in [-0.39, 0.29) is 5.92 Å². The van der Waals surface area contributed by atoms with Gasteiger partial charge in [0.25, 0.3) is 0 Å². The zero-order valence-corrected chi connectivity index (χ0v) is 17.6. The molecule has 2 aromatic carbocycles. The molecule has 4 nitrogen and oxygen atoms in total. The van der Waals surface area contributed by atoms with Crippen LogP contribution in [0.15, 0.2) is 48.7 Å². The third-order valence-electron chi connectivity index (χ3n) is 6.90. The predicted octanol–water partition coefficient (Wildman–Crippen LogP) is 5.90. The first-order chi connectivity index (χ1) is 15.3. The zero-order chi connectivity index (χ0) is 22.5. The number of hydrogen-bond acceptors (Lipinski definition) is 2. The van der Waals surface area contributed by atoms with E-state index >= 15 is 0 Å². The van der Waals surface area contributed by atoms with Gasteiger partial charge in [-0.3, -0.25) is 4.79 Å². The maximum absolute atomic E-state index is 13.4. The van der Waals surface area contributed by atoms with Crippen molar-refractivity contribution in [2.45, 2.75) is 38.3 Å². The summed E-state index contributed by atoms with van der Waals surface area (Å²) in [6.45, 7) is 0.931. The van der Waals surface area contributed by atoms with Crippen molar-refractivity contribution < 1.29 is 23.1 Å². The standard InChI is InChI=1S/C25H25F3N2O2/c26-25(27,28)19-8-9-23-22(11-19)17(10-16-4-1-2-5-16)15-30(23)21-7-3-6-20(12-21)29-13-18(14-29)24(31)32/h3,6-9,11-12,15-16,18H,1-2,4-5,10,13-14H2,(H,31,32). The number of rotatable bonds is 5. The maximum Gasteiger partial charge on any atom is 0.416 e. The number of carboxylic acid groups (broad SMARTS) is 1. The number of carbonyl (C=O) groups is 1. The Balaban J connectivity index is 1.53. The minimum Gasteiger partial charge on any atom is -0.481 e. The van der Waals surface area contributed by atoms with Crippen LogP contribution in [0.3, 0.4) is 0 Å². The molecule has 5 rings (SSSR count). The summed E-state index contributed by atoms with van der Waals surface area (Å²) in [5.41, 5.74) is 2.88. The fourth-order valence-corrected chi connectivity index (χ4v) is 5.06. The molecule has 0 unspecified atom stereocenters. The van der Waals surface area contributed by atoms with Crippen LogP contribution < -0.4 is 4.90 Å². The second-order valence-electron chi connectivity index (χ2n) is 9.07. The van der Waals surface area contributed by atoms with Crippen LogP contribution in [-0.4, -0.2) is 28.7 Å². The summed E-state index contributed by atoms with van der Waals surface area (Å²) < 4.78 is 42.2. The summed E-state index contributed by atoms with van der Waals surface area (Å²) in [4.78, 5) is 13.1. The first-order valence-electron chi connectivity index (χ1n) is 11.1. The molecule has 0 atom stereocenters. The van der Waals surface area contributed by atoms with E-state index in [9.17, 15) is 18.0 Å². The maximum atomic E-state index is 13.4. The van der Waals surface area contributed by atoms with Crippen LogP contribution in [0.2, 0.25) is 0 Å². The van der Waals surface area contributed by atoms with Crippen molar-refractivity contribution in [3.05, 3.63) is 59.8 Å². The number of carboxylic acids is 1. The van der Waals surface area contributed by atoms with Crippen LogP contribution in [0.25, 0.3) is 16.6 Å². The third kappa shape index (κ3) is 3.85. The Hall–Kier alpha value is -2.96. The summed E-state index contributed by atoms with van der Waals surface area (Å²) >= 11 is 0. The van der Waals surface area contributed by atoms with Gasteiger partial charge in [-0.25, -0.2) is 0 Å². The normalized spacial score (nSPS) is 17.8. The fraction of sp³-hybridized carbons (Fsp3) is 0.400. The van der Waals surface area contributed by atoms with E-state index in [1.165, 1.54) is 18.9 Å². The van der Waals surface area contributed by atoms with E-state index < -0.39 is 17.7 Å². The molecule has 7 heteroatoms. The lowest BCUT2D eigenvalue weighted by Gasteiger charge is -2.38. The van der Waals surface area contributed by atoms with Crippen LogP contribution in [0.1, 0.15) is 36.8 Å². The molecule has 1 aliphatic carbocycles. The molecule has 0 spiro atoms. The lowest BCUT2D eigenvalue weighted by Crippen LogP contribution is -2.50. The molecule has 32 heavy (non-hydrogen) atoms. The van der Waals surface area contributed by atoms with Gasteiger partial charge < -0.3 is 14.6 Å². The molecule has 168 valence electrons. The second-order valence-corrected chi connectivity index (χ2v) is 9.07. The Bertz CT molecular complexity index is 1160. The molecule has 3 aromatic rings. The Morgan fingerprint density at radius 1 is 1.03 bits per heavy atom. The summed E-state index contributed by atoms with van der Waals surface area (Å²) in [6.07, 6.45) is 3.02. The van der Waals surface area contributed by atoms with Crippen molar-refractivity contribution in [2.75, 3.05) is 18.0 Å². The van der Waals surface area contributed by atoms with Gasteiger partial charge in [0.2, 0.25) is 0 Å². The van der Waals surface area contributed by atoms with E-state index in [0.29, 0.717) is 24.4 Å².